The van der Waals surface area contributed by atoms with Gasteiger partial charge in [0.15, 0.2) is 0 Å². The van der Waals surface area contributed by atoms with Gasteiger partial charge in [0.1, 0.15) is 4.90 Å². The molecule has 1 rings (SSSR count). The predicted octanol–water partition coefficient (Wildman–Crippen LogP) is 0.0850. The van der Waals surface area contributed by atoms with E-state index in [4.69, 9.17) is 6.07 Å². The SMILES string of the molecule is [3H]B(C)OC(=O)OCCc1ccncc1S(=O)(=O)NC. The Morgan fingerprint density at radius 2 is 2.37 bits per heavy atom. The number of hydrogen-bond acceptors (Lipinski definition) is 6. The summed E-state index contributed by atoms with van der Waals surface area (Å²) in [4.78, 5) is 14.9. The molecule has 0 spiro atoms. The molecule has 0 saturated carbocycles. The number of nitrogens with zero attached hydrogens (tertiary/aromatic N) is 1. The Morgan fingerprint density at radius 1 is 1.63 bits per heavy atom. The van der Waals surface area contributed by atoms with Crippen LogP contribution in [0.2, 0.25) is 6.82 Å². The van der Waals surface area contributed by atoms with Crippen molar-refractivity contribution in [2.24, 2.45) is 0 Å². The maximum Gasteiger partial charge on any atom is 0.489 e. The smallest absolute Gasteiger partial charge is 0.489 e. The van der Waals surface area contributed by atoms with Gasteiger partial charge in [-0.05, 0) is 25.5 Å². The molecule has 0 amide bonds. The van der Waals surface area contributed by atoms with Gasteiger partial charge in [0.2, 0.25) is 10.0 Å². The van der Waals surface area contributed by atoms with Crippen molar-refractivity contribution >= 4 is 23.6 Å². The molecule has 0 aliphatic carbocycles. The fourth-order valence-electron chi connectivity index (χ4n) is 1.34. The van der Waals surface area contributed by atoms with Crippen molar-refractivity contribution in [2.45, 2.75) is 18.1 Å². The number of sulfonamides is 1. The first-order valence-electron chi connectivity index (χ1n) is 6.06. The number of nitrogens with one attached hydrogen (secondary N) is 1. The molecule has 0 fully saturated rings. The first-order chi connectivity index (χ1) is 9.36. The average molecular weight is 288 g/mol. The minimum atomic E-state index is -3.61. The molecule has 0 saturated heterocycles. The highest BCUT2D eigenvalue weighted by atomic mass is 32.2. The van der Waals surface area contributed by atoms with Crippen LogP contribution in [0.3, 0.4) is 0 Å². The molecule has 0 atom stereocenters. The lowest BCUT2D eigenvalue weighted by atomic mass is 10.1. The van der Waals surface area contributed by atoms with Gasteiger partial charge in [-0.25, -0.2) is 17.9 Å². The van der Waals surface area contributed by atoms with E-state index in [2.05, 4.69) is 14.4 Å². The van der Waals surface area contributed by atoms with Crippen LogP contribution >= 0.6 is 0 Å². The molecule has 104 valence electrons. The van der Waals surface area contributed by atoms with Gasteiger partial charge in [0.05, 0.1) is 6.61 Å². The van der Waals surface area contributed by atoms with Crippen LogP contribution in [0.25, 0.3) is 0 Å². The van der Waals surface area contributed by atoms with Crippen LogP contribution in [-0.2, 0) is 25.8 Å². The van der Waals surface area contributed by atoms with Crippen molar-refractivity contribution in [1.29, 1.82) is 1.34 Å². The summed E-state index contributed by atoms with van der Waals surface area (Å²) in [7, 11) is -3.32. The van der Waals surface area contributed by atoms with Crippen LogP contribution in [0.1, 0.15) is 5.56 Å². The molecule has 0 aromatic carbocycles. The number of pyridine rings is 1. The van der Waals surface area contributed by atoms with Crippen molar-refractivity contribution in [2.75, 3.05) is 13.7 Å². The highest BCUT2D eigenvalue weighted by Crippen LogP contribution is 2.14. The van der Waals surface area contributed by atoms with Crippen molar-refractivity contribution in [3.63, 3.8) is 0 Å². The Balaban J connectivity index is 2.68. The predicted molar refractivity (Wildman–Crippen MR) is 69.6 cm³/mol. The van der Waals surface area contributed by atoms with Crippen molar-refractivity contribution < 1.29 is 22.6 Å². The third-order valence-electron chi connectivity index (χ3n) is 2.23. The summed E-state index contributed by atoms with van der Waals surface area (Å²) >= 11 is 0. The van der Waals surface area contributed by atoms with Gasteiger partial charge in [0, 0.05) is 20.2 Å². The minimum absolute atomic E-state index is 0.0355. The maximum absolute atomic E-state index is 11.8. The third kappa shape index (κ3) is 4.53. The third-order valence-corrected chi connectivity index (χ3v) is 3.72. The highest BCUT2D eigenvalue weighted by Gasteiger charge is 2.16. The van der Waals surface area contributed by atoms with Gasteiger partial charge in [-0.2, -0.15) is 0 Å². The molecule has 0 aliphatic heterocycles. The number of ether oxygens (including phenoxy) is 1. The topological polar surface area (TPSA) is 94.6 Å². The zero-order valence-corrected chi connectivity index (χ0v) is 11.4. The lowest BCUT2D eigenvalue weighted by Crippen LogP contribution is -2.21. The zero-order valence-electron chi connectivity index (χ0n) is 11.6. The van der Waals surface area contributed by atoms with Crippen molar-refractivity contribution in [1.82, 2.24) is 9.71 Å². The maximum atomic E-state index is 11.8. The summed E-state index contributed by atoms with van der Waals surface area (Å²) in [5, 5.41) is 0. The summed E-state index contributed by atoms with van der Waals surface area (Å²) in [6.45, 7) is 1.32. The van der Waals surface area contributed by atoms with E-state index < -0.39 is 23.6 Å². The van der Waals surface area contributed by atoms with E-state index in [0.29, 0.717) is 5.56 Å². The zero-order chi connectivity index (χ0) is 15.2. The Bertz CT molecular complexity index is 567. The number of aromatic nitrogens is 1. The molecule has 0 unspecified atom stereocenters. The molecular weight excluding hydrogens is 271 g/mol. The minimum Gasteiger partial charge on any atom is -0.510 e. The molecule has 1 aromatic rings. The Labute approximate surface area is 114 Å². The summed E-state index contributed by atoms with van der Waals surface area (Å²) in [5.74, 6) is 0. The highest BCUT2D eigenvalue weighted by molar-refractivity contribution is 7.89. The summed E-state index contributed by atoms with van der Waals surface area (Å²) in [5.41, 5.74) is 0.473. The monoisotopic (exact) mass is 288 g/mol. The first-order valence-corrected chi connectivity index (χ1v) is 6.97. The molecule has 19 heavy (non-hydrogen) atoms. The number of rotatable bonds is 6. The Morgan fingerprint density at radius 3 is 3.00 bits per heavy atom. The number of hydrogen-bond donors (Lipinski definition) is 1. The van der Waals surface area contributed by atoms with Crippen molar-refractivity contribution in [3.05, 3.63) is 24.0 Å². The molecule has 0 bridgehead atoms. The Hall–Kier alpha value is -1.61. The molecule has 1 heterocycles. The number of carbonyl (C=O) groups is 1. The largest absolute Gasteiger partial charge is 0.510 e. The van der Waals surface area contributed by atoms with Crippen LogP contribution in [0.4, 0.5) is 4.79 Å². The molecule has 1 aromatic heterocycles. The van der Waals surface area contributed by atoms with E-state index in [0.717, 1.165) is 0 Å². The normalized spacial score (nSPS) is 11.6. The second-order valence-electron chi connectivity index (χ2n) is 3.39. The quantitative estimate of drug-likeness (QED) is 0.588. The standard InChI is InChI=1S/C10H15BN2O5S/c1-11-18-10(14)17-6-4-8-3-5-13-7-9(8)19(15,16)12-2/h3,5,7,11-12H,4,6H2,1-2H3/i11T. The van der Waals surface area contributed by atoms with Crippen LogP contribution in [0.15, 0.2) is 23.4 Å². The summed E-state index contributed by atoms with van der Waals surface area (Å²) in [6, 6.07) is 1.53. The second-order valence-corrected chi connectivity index (χ2v) is 5.25. The van der Waals surface area contributed by atoms with Gasteiger partial charge in [0.25, 0.3) is 0 Å². The lowest BCUT2D eigenvalue weighted by Gasteiger charge is -2.09. The van der Waals surface area contributed by atoms with Gasteiger partial charge in [-0.15, -0.1) is 0 Å². The fourth-order valence-corrected chi connectivity index (χ4v) is 2.28. The Kier molecular flexibility index (Phi) is 5.16. The molecular formula is C10H15BN2O5S. The van der Waals surface area contributed by atoms with Crippen LogP contribution in [-0.4, -0.2) is 42.0 Å². The van der Waals surface area contributed by atoms with E-state index in [1.165, 1.54) is 32.3 Å². The van der Waals surface area contributed by atoms with E-state index in [1.54, 1.807) is 0 Å². The van der Waals surface area contributed by atoms with Gasteiger partial charge >= 0.3 is 13.6 Å². The molecule has 7 nitrogen and oxygen atoms in total. The molecule has 0 radical (unpaired) electrons. The van der Waals surface area contributed by atoms with Gasteiger partial charge in [-0.3, -0.25) is 4.98 Å². The molecule has 9 heteroatoms. The van der Waals surface area contributed by atoms with Crippen LogP contribution in [0.5, 0.6) is 0 Å². The summed E-state index contributed by atoms with van der Waals surface area (Å²) in [6.07, 6.45) is 1.92. The van der Waals surface area contributed by atoms with Crippen molar-refractivity contribution in [3.8, 4) is 0 Å². The van der Waals surface area contributed by atoms with Gasteiger partial charge < -0.3 is 9.39 Å². The fraction of sp³-hybridized carbons (Fsp3) is 0.400. The second kappa shape index (κ2) is 7.10. The van der Waals surface area contributed by atoms with E-state index >= 15 is 0 Å². The molecule has 1 N–H and O–H groups in total. The van der Waals surface area contributed by atoms with Gasteiger partial charge in [-0.1, -0.05) is 0 Å². The van der Waals surface area contributed by atoms with E-state index in [1.807, 2.05) is 0 Å². The number of carbonyl (C=O) groups excluding carboxylic acids is 1. The van der Waals surface area contributed by atoms with Crippen LogP contribution < -0.4 is 4.72 Å². The molecule has 0 aliphatic rings. The van der Waals surface area contributed by atoms with Crippen LogP contribution in [0, 0.1) is 0 Å². The van der Waals surface area contributed by atoms with E-state index in [9.17, 15) is 13.2 Å². The van der Waals surface area contributed by atoms with E-state index in [-0.39, 0.29) is 17.9 Å². The summed E-state index contributed by atoms with van der Waals surface area (Å²) < 4.78 is 42.0. The lowest BCUT2D eigenvalue weighted by molar-refractivity contribution is 0.102. The average Bonchev–Trinajstić information content (AvgIpc) is 2.38. The first kappa shape index (κ1) is 13.8.